The maximum Gasteiger partial charge on any atom is 0.264 e. The highest BCUT2D eigenvalue weighted by atomic mass is 32.1. The summed E-state index contributed by atoms with van der Waals surface area (Å²) >= 11 is 1.08. The topological polar surface area (TPSA) is 54.9 Å². The van der Waals surface area contributed by atoms with Gasteiger partial charge in [-0.05, 0) is 48.3 Å². The zero-order valence-electron chi connectivity index (χ0n) is 10.8. The number of nitrogens with zero attached hydrogens (tertiary/aromatic N) is 2. The first-order valence-corrected chi connectivity index (χ1v) is 7.34. The van der Waals surface area contributed by atoms with Gasteiger partial charge in [0, 0.05) is 6.04 Å². The monoisotopic (exact) mass is 291 g/mol. The molecule has 104 valence electrons. The van der Waals surface area contributed by atoms with Crippen LogP contribution in [0.3, 0.4) is 0 Å². The second kappa shape index (κ2) is 5.66. The van der Waals surface area contributed by atoms with E-state index in [2.05, 4.69) is 14.9 Å². The van der Waals surface area contributed by atoms with Crippen LogP contribution in [0.4, 0.5) is 4.39 Å². The Bertz CT molecular complexity index is 602. The van der Waals surface area contributed by atoms with Crippen molar-refractivity contribution in [1.82, 2.24) is 14.9 Å². The number of rotatable bonds is 3. The predicted molar refractivity (Wildman–Crippen MR) is 74.2 cm³/mol. The van der Waals surface area contributed by atoms with E-state index in [4.69, 9.17) is 0 Å². The quantitative estimate of drug-likeness (QED) is 0.946. The lowest BCUT2D eigenvalue weighted by molar-refractivity contribution is 0.0941. The van der Waals surface area contributed by atoms with Gasteiger partial charge in [-0.25, -0.2) is 4.39 Å². The van der Waals surface area contributed by atoms with Gasteiger partial charge in [-0.1, -0.05) is 22.7 Å². The molecule has 1 aliphatic rings. The zero-order chi connectivity index (χ0) is 13.9. The van der Waals surface area contributed by atoms with E-state index >= 15 is 0 Å². The molecule has 1 heterocycles. The highest BCUT2D eigenvalue weighted by molar-refractivity contribution is 7.07. The Morgan fingerprint density at radius 2 is 2.20 bits per heavy atom. The second-order valence-corrected chi connectivity index (χ2v) is 5.77. The lowest BCUT2D eigenvalue weighted by Crippen LogP contribution is -2.32. The third-order valence-electron chi connectivity index (χ3n) is 3.70. The summed E-state index contributed by atoms with van der Waals surface area (Å²) in [5, 5.41) is 6.62. The molecule has 2 aromatic rings. The Morgan fingerprint density at radius 1 is 1.35 bits per heavy atom. The summed E-state index contributed by atoms with van der Waals surface area (Å²) in [5.41, 5.74) is 0.753. The van der Waals surface area contributed by atoms with Crippen molar-refractivity contribution in [2.24, 2.45) is 0 Å². The number of halogens is 1. The molecular formula is C14H14FN3OS. The van der Waals surface area contributed by atoms with E-state index in [-0.39, 0.29) is 23.7 Å². The van der Waals surface area contributed by atoms with E-state index in [1.165, 1.54) is 12.3 Å². The van der Waals surface area contributed by atoms with Gasteiger partial charge in [0.2, 0.25) is 0 Å². The molecule has 2 atom stereocenters. The minimum absolute atomic E-state index is 0.0919. The molecule has 0 bridgehead atoms. The van der Waals surface area contributed by atoms with Crippen molar-refractivity contribution in [3.8, 4) is 0 Å². The molecule has 4 nitrogen and oxygen atoms in total. The first-order chi connectivity index (χ1) is 9.74. The largest absolute Gasteiger partial charge is 0.348 e. The van der Waals surface area contributed by atoms with Gasteiger partial charge < -0.3 is 5.32 Å². The molecule has 0 radical (unpaired) electrons. The van der Waals surface area contributed by atoms with Crippen molar-refractivity contribution in [3.05, 3.63) is 46.7 Å². The van der Waals surface area contributed by atoms with Crippen LogP contribution in [-0.2, 0) is 0 Å². The molecule has 6 heteroatoms. The van der Waals surface area contributed by atoms with Gasteiger partial charge in [0.05, 0.1) is 6.20 Å². The molecule has 1 saturated carbocycles. The number of carbonyl (C=O) groups excluding carboxylic acids is 1. The molecule has 0 spiro atoms. The lowest BCUT2D eigenvalue weighted by Gasteiger charge is -2.13. The first kappa shape index (κ1) is 13.2. The van der Waals surface area contributed by atoms with Crippen molar-refractivity contribution in [3.63, 3.8) is 0 Å². The van der Waals surface area contributed by atoms with Crippen molar-refractivity contribution in [2.45, 2.75) is 31.2 Å². The van der Waals surface area contributed by atoms with Crippen LogP contribution in [-0.4, -0.2) is 21.5 Å². The zero-order valence-corrected chi connectivity index (χ0v) is 11.6. The standard InChI is InChI=1S/C14H14FN3OS/c15-12-4-2-1-3-11(12)9-5-6-10(7-9)17-14(19)13-8-16-18-20-13/h1-4,8-10H,5-7H2,(H,17,19)/t9-,10-/m1/s1. The van der Waals surface area contributed by atoms with Gasteiger partial charge in [-0.3, -0.25) is 4.79 Å². The molecule has 20 heavy (non-hydrogen) atoms. The smallest absolute Gasteiger partial charge is 0.264 e. The van der Waals surface area contributed by atoms with Gasteiger partial charge in [0.1, 0.15) is 10.7 Å². The summed E-state index contributed by atoms with van der Waals surface area (Å²) < 4.78 is 17.4. The minimum Gasteiger partial charge on any atom is -0.348 e. The Hall–Kier alpha value is -1.82. The Balaban J connectivity index is 1.63. The average Bonchev–Trinajstić information content (AvgIpc) is 3.10. The number of nitrogens with one attached hydrogen (secondary N) is 1. The molecule has 1 aliphatic carbocycles. The molecule has 3 rings (SSSR count). The third kappa shape index (κ3) is 2.70. The summed E-state index contributed by atoms with van der Waals surface area (Å²) in [6.45, 7) is 0. The van der Waals surface area contributed by atoms with Gasteiger partial charge in [0.25, 0.3) is 5.91 Å². The van der Waals surface area contributed by atoms with Crippen molar-refractivity contribution in [1.29, 1.82) is 0 Å². The molecule has 1 aromatic heterocycles. The average molecular weight is 291 g/mol. The predicted octanol–water partition coefficient (Wildman–Crippen LogP) is 2.74. The van der Waals surface area contributed by atoms with E-state index in [0.717, 1.165) is 36.4 Å². The summed E-state index contributed by atoms with van der Waals surface area (Å²) in [7, 11) is 0. The molecule has 1 amide bonds. The van der Waals surface area contributed by atoms with Crippen LogP contribution in [0.15, 0.2) is 30.5 Å². The van der Waals surface area contributed by atoms with Crippen LogP contribution in [0, 0.1) is 5.82 Å². The number of benzene rings is 1. The number of hydrogen-bond acceptors (Lipinski definition) is 4. The van der Waals surface area contributed by atoms with Gasteiger partial charge in [-0.15, -0.1) is 5.10 Å². The maximum absolute atomic E-state index is 13.8. The summed E-state index contributed by atoms with van der Waals surface area (Å²) in [6, 6.07) is 6.97. The van der Waals surface area contributed by atoms with Gasteiger partial charge in [-0.2, -0.15) is 0 Å². The highest BCUT2D eigenvalue weighted by Crippen LogP contribution is 2.35. The summed E-state index contributed by atoms with van der Waals surface area (Å²) in [4.78, 5) is 12.4. The summed E-state index contributed by atoms with van der Waals surface area (Å²) in [5.74, 6) is -0.114. The van der Waals surface area contributed by atoms with Crippen LogP contribution in [0.1, 0.15) is 40.4 Å². The van der Waals surface area contributed by atoms with Crippen LogP contribution in [0.25, 0.3) is 0 Å². The molecule has 0 aliphatic heterocycles. The van der Waals surface area contributed by atoms with Crippen LogP contribution < -0.4 is 5.32 Å². The molecule has 1 N–H and O–H groups in total. The SMILES string of the molecule is O=C(N[C@@H]1CC[C@@H](c2ccccc2F)C1)c1cnns1. The van der Waals surface area contributed by atoms with E-state index in [1.54, 1.807) is 6.07 Å². The number of amides is 1. The third-order valence-corrected chi connectivity index (χ3v) is 4.36. The summed E-state index contributed by atoms with van der Waals surface area (Å²) in [6.07, 6.45) is 4.01. The second-order valence-electron chi connectivity index (χ2n) is 4.98. The fraction of sp³-hybridized carbons (Fsp3) is 0.357. The number of hydrogen-bond donors (Lipinski definition) is 1. The fourth-order valence-corrected chi connectivity index (χ4v) is 3.14. The maximum atomic E-state index is 13.8. The van der Waals surface area contributed by atoms with Gasteiger partial charge >= 0.3 is 0 Å². The molecule has 0 unspecified atom stereocenters. The van der Waals surface area contributed by atoms with Crippen molar-refractivity contribution in [2.75, 3.05) is 0 Å². The highest BCUT2D eigenvalue weighted by Gasteiger charge is 2.29. The molecule has 0 saturated heterocycles. The van der Waals surface area contributed by atoms with Crippen molar-refractivity contribution >= 4 is 17.4 Å². The molecular weight excluding hydrogens is 277 g/mol. The number of carbonyl (C=O) groups is 1. The van der Waals surface area contributed by atoms with Gasteiger partial charge in [0.15, 0.2) is 0 Å². The van der Waals surface area contributed by atoms with Crippen LogP contribution in [0.2, 0.25) is 0 Å². The van der Waals surface area contributed by atoms with E-state index < -0.39 is 0 Å². The van der Waals surface area contributed by atoms with E-state index in [0.29, 0.717) is 4.88 Å². The van der Waals surface area contributed by atoms with E-state index in [9.17, 15) is 9.18 Å². The number of aromatic nitrogens is 2. The lowest BCUT2D eigenvalue weighted by atomic mass is 9.97. The Kier molecular flexibility index (Phi) is 3.73. The van der Waals surface area contributed by atoms with E-state index in [1.807, 2.05) is 12.1 Å². The van der Waals surface area contributed by atoms with Crippen LogP contribution in [0.5, 0.6) is 0 Å². The Morgan fingerprint density at radius 3 is 2.95 bits per heavy atom. The molecule has 1 aromatic carbocycles. The first-order valence-electron chi connectivity index (χ1n) is 6.56. The Labute approximate surface area is 120 Å². The fourth-order valence-electron chi connectivity index (χ4n) is 2.72. The van der Waals surface area contributed by atoms with Crippen molar-refractivity contribution < 1.29 is 9.18 Å². The van der Waals surface area contributed by atoms with Crippen LogP contribution >= 0.6 is 11.5 Å². The minimum atomic E-state index is -0.156. The molecule has 1 fully saturated rings. The normalized spacial score (nSPS) is 21.9.